The summed E-state index contributed by atoms with van der Waals surface area (Å²) in [6, 6.07) is -0.573. The molecule has 112 valence electrons. The number of nitrogens with zero attached hydrogens (tertiary/aromatic N) is 1. The fourth-order valence-electron chi connectivity index (χ4n) is 3.35. The van der Waals surface area contributed by atoms with Crippen LogP contribution in [0.2, 0.25) is 0 Å². The fourth-order valence-corrected chi connectivity index (χ4v) is 3.35. The smallest absolute Gasteiger partial charge is 0.277 e. The highest BCUT2D eigenvalue weighted by Crippen LogP contribution is 2.32. The van der Waals surface area contributed by atoms with Gasteiger partial charge >= 0.3 is 6.03 Å². The first-order valence-electron chi connectivity index (χ1n) is 7.63. The van der Waals surface area contributed by atoms with Crippen molar-refractivity contribution >= 4 is 17.8 Å². The Morgan fingerprint density at radius 1 is 1.15 bits per heavy atom. The Bertz CT molecular complexity index is 411. The van der Waals surface area contributed by atoms with Gasteiger partial charge < -0.3 is 0 Å². The third-order valence-electron chi connectivity index (χ3n) is 4.66. The highest BCUT2D eigenvalue weighted by molar-refractivity contribution is 6.16. The van der Waals surface area contributed by atoms with Gasteiger partial charge in [-0.15, -0.1) is 0 Å². The van der Waals surface area contributed by atoms with Crippen LogP contribution >= 0.6 is 0 Å². The van der Waals surface area contributed by atoms with Gasteiger partial charge in [-0.25, -0.2) is 4.79 Å². The second-order valence-electron chi connectivity index (χ2n) is 6.31. The second kappa shape index (κ2) is 5.94. The molecule has 2 rings (SSSR count). The molecule has 1 aliphatic carbocycles. The molecule has 1 N–H and O–H groups in total. The van der Waals surface area contributed by atoms with Crippen molar-refractivity contribution in [3.8, 4) is 0 Å². The zero-order valence-corrected chi connectivity index (χ0v) is 12.5. The van der Waals surface area contributed by atoms with E-state index < -0.39 is 17.9 Å². The highest BCUT2D eigenvalue weighted by atomic mass is 16.2. The molecule has 1 aliphatic heterocycles. The molecule has 0 radical (unpaired) electrons. The number of urea groups is 1. The van der Waals surface area contributed by atoms with Gasteiger partial charge in [-0.3, -0.25) is 19.8 Å². The van der Waals surface area contributed by atoms with Crippen molar-refractivity contribution in [3.05, 3.63) is 0 Å². The molecular formula is C15H24N2O3. The fraction of sp³-hybridized carbons (Fsp3) is 0.800. The summed E-state index contributed by atoms with van der Waals surface area (Å²) in [5.74, 6) is -0.874. The minimum atomic E-state index is -0.725. The maximum atomic E-state index is 12.5. The number of rotatable bonds is 3. The first-order valence-corrected chi connectivity index (χ1v) is 7.63. The van der Waals surface area contributed by atoms with Crippen molar-refractivity contribution in [2.24, 2.45) is 17.8 Å². The standard InChI is InChI=1S/C15H24N2O3/c1-4-10-5-7-11(8-6-10)17-14(19)12(9(2)3)13(18)16-15(17)20/h9-12H,4-8H2,1-3H3,(H,16,18,20). The zero-order valence-electron chi connectivity index (χ0n) is 12.5. The monoisotopic (exact) mass is 280 g/mol. The lowest BCUT2D eigenvalue weighted by atomic mass is 9.82. The summed E-state index contributed by atoms with van der Waals surface area (Å²) in [5, 5.41) is 2.34. The Balaban J connectivity index is 2.12. The number of nitrogens with one attached hydrogen (secondary N) is 1. The van der Waals surface area contributed by atoms with Gasteiger partial charge in [0.15, 0.2) is 0 Å². The Morgan fingerprint density at radius 3 is 2.25 bits per heavy atom. The van der Waals surface area contributed by atoms with Gasteiger partial charge in [-0.2, -0.15) is 0 Å². The molecular weight excluding hydrogens is 256 g/mol. The third kappa shape index (κ3) is 2.72. The van der Waals surface area contributed by atoms with Crippen molar-refractivity contribution in [1.82, 2.24) is 10.2 Å². The van der Waals surface area contributed by atoms with E-state index in [9.17, 15) is 14.4 Å². The first-order chi connectivity index (χ1) is 9.45. The predicted molar refractivity (Wildman–Crippen MR) is 74.7 cm³/mol. The molecule has 0 aromatic heterocycles. The number of hydrogen-bond donors (Lipinski definition) is 1. The highest BCUT2D eigenvalue weighted by Gasteiger charge is 2.45. The molecule has 2 fully saturated rings. The molecule has 1 unspecified atom stereocenters. The summed E-state index contributed by atoms with van der Waals surface area (Å²) in [6.45, 7) is 5.85. The van der Waals surface area contributed by atoms with Crippen LogP contribution in [0.25, 0.3) is 0 Å². The number of amides is 4. The van der Waals surface area contributed by atoms with Crippen LogP contribution in [0, 0.1) is 17.8 Å². The van der Waals surface area contributed by atoms with E-state index in [0.717, 1.165) is 32.1 Å². The lowest BCUT2D eigenvalue weighted by Gasteiger charge is -2.39. The third-order valence-corrected chi connectivity index (χ3v) is 4.66. The van der Waals surface area contributed by atoms with Gasteiger partial charge in [0.05, 0.1) is 0 Å². The van der Waals surface area contributed by atoms with E-state index in [0.29, 0.717) is 5.92 Å². The molecule has 1 heterocycles. The molecule has 0 spiro atoms. The number of barbiturate groups is 1. The van der Waals surface area contributed by atoms with Crippen LogP contribution < -0.4 is 5.32 Å². The molecule has 2 aliphatic rings. The summed E-state index contributed by atoms with van der Waals surface area (Å²) < 4.78 is 0. The molecule has 1 atom stereocenters. The van der Waals surface area contributed by atoms with Gasteiger partial charge in [0.2, 0.25) is 11.8 Å². The Morgan fingerprint density at radius 2 is 1.75 bits per heavy atom. The molecule has 5 nitrogen and oxygen atoms in total. The largest absolute Gasteiger partial charge is 0.331 e. The average Bonchev–Trinajstić information content (AvgIpc) is 2.38. The molecule has 1 saturated heterocycles. The number of imide groups is 2. The van der Waals surface area contributed by atoms with Crippen LogP contribution in [0.1, 0.15) is 52.9 Å². The maximum absolute atomic E-state index is 12.5. The van der Waals surface area contributed by atoms with Crippen LogP contribution in [-0.2, 0) is 9.59 Å². The first kappa shape index (κ1) is 15.0. The normalized spacial score (nSPS) is 31.7. The molecule has 5 heteroatoms. The minimum Gasteiger partial charge on any atom is -0.277 e. The number of carbonyl (C=O) groups is 3. The van der Waals surface area contributed by atoms with Crippen molar-refractivity contribution < 1.29 is 14.4 Å². The molecule has 0 bridgehead atoms. The van der Waals surface area contributed by atoms with E-state index in [-0.39, 0.29) is 17.9 Å². The van der Waals surface area contributed by atoms with E-state index >= 15 is 0 Å². The summed E-state index contributed by atoms with van der Waals surface area (Å²) in [5.41, 5.74) is 0. The zero-order chi connectivity index (χ0) is 14.9. The van der Waals surface area contributed by atoms with Crippen LogP contribution in [0.15, 0.2) is 0 Å². The minimum absolute atomic E-state index is 0.0420. The van der Waals surface area contributed by atoms with Gasteiger partial charge in [-0.1, -0.05) is 27.2 Å². The topological polar surface area (TPSA) is 66.5 Å². The maximum Gasteiger partial charge on any atom is 0.331 e. The predicted octanol–water partition coefficient (Wildman–Crippen LogP) is 2.31. The van der Waals surface area contributed by atoms with Crippen LogP contribution in [0.3, 0.4) is 0 Å². The van der Waals surface area contributed by atoms with Crippen molar-refractivity contribution in [2.45, 2.75) is 58.9 Å². The van der Waals surface area contributed by atoms with Crippen molar-refractivity contribution in [1.29, 1.82) is 0 Å². The molecule has 0 aromatic rings. The molecule has 1 saturated carbocycles. The lowest BCUT2D eigenvalue weighted by Crippen LogP contribution is -2.62. The Hall–Kier alpha value is -1.39. The lowest BCUT2D eigenvalue weighted by molar-refractivity contribution is -0.146. The van der Waals surface area contributed by atoms with Crippen LogP contribution in [0.4, 0.5) is 4.79 Å². The van der Waals surface area contributed by atoms with Crippen LogP contribution in [0.5, 0.6) is 0 Å². The Labute approximate surface area is 120 Å². The second-order valence-corrected chi connectivity index (χ2v) is 6.31. The van der Waals surface area contributed by atoms with Crippen molar-refractivity contribution in [2.75, 3.05) is 0 Å². The quantitative estimate of drug-likeness (QED) is 0.807. The SMILES string of the molecule is CCC1CCC(N2C(=O)NC(=O)C(C(C)C)C2=O)CC1. The van der Waals surface area contributed by atoms with Gasteiger partial charge in [0, 0.05) is 6.04 Å². The van der Waals surface area contributed by atoms with E-state index in [1.165, 1.54) is 4.90 Å². The summed E-state index contributed by atoms with van der Waals surface area (Å²) in [4.78, 5) is 37.6. The summed E-state index contributed by atoms with van der Waals surface area (Å²) >= 11 is 0. The average molecular weight is 280 g/mol. The Kier molecular flexibility index (Phi) is 4.45. The van der Waals surface area contributed by atoms with E-state index in [2.05, 4.69) is 12.2 Å². The number of carbonyl (C=O) groups excluding carboxylic acids is 3. The van der Waals surface area contributed by atoms with Gasteiger partial charge in [0.25, 0.3) is 0 Å². The van der Waals surface area contributed by atoms with E-state index in [4.69, 9.17) is 0 Å². The van der Waals surface area contributed by atoms with Crippen molar-refractivity contribution in [3.63, 3.8) is 0 Å². The van der Waals surface area contributed by atoms with E-state index in [1.54, 1.807) is 0 Å². The molecule has 4 amide bonds. The van der Waals surface area contributed by atoms with Gasteiger partial charge in [0.1, 0.15) is 5.92 Å². The molecule has 0 aromatic carbocycles. The van der Waals surface area contributed by atoms with Crippen LogP contribution in [-0.4, -0.2) is 28.8 Å². The summed E-state index contributed by atoms with van der Waals surface area (Å²) in [6.07, 6.45) is 4.98. The summed E-state index contributed by atoms with van der Waals surface area (Å²) in [7, 11) is 0. The molecule has 20 heavy (non-hydrogen) atoms. The van der Waals surface area contributed by atoms with Gasteiger partial charge in [-0.05, 0) is 37.5 Å². The van der Waals surface area contributed by atoms with E-state index in [1.807, 2.05) is 13.8 Å². The number of hydrogen-bond acceptors (Lipinski definition) is 3.